The Labute approximate surface area is 145 Å². The molecule has 1 unspecified atom stereocenters. The Morgan fingerprint density at radius 3 is 2.71 bits per heavy atom. The van der Waals surface area contributed by atoms with Crippen molar-refractivity contribution in [2.75, 3.05) is 26.3 Å². The lowest BCUT2D eigenvalue weighted by Gasteiger charge is -2.41. The summed E-state index contributed by atoms with van der Waals surface area (Å²) in [6, 6.07) is 8.01. The molecule has 24 heavy (non-hydrogen) atoms. The predicted octanol–water partition coefficient (Wildman–Crippen LogP) is 2.48. The normalized spacial score (nSPS) is 26.5. The number of carbonyl (C=O) groups excluding carboxylic acids is 1. The molecule has 4 nitrogen and oxygen atoms in total. The highest BCUT2D eigenvalue weighted by Crippen LogP contribution is 2.23. The third kappa shape index (κ3) is 4.29. The molecular formula is C20H30NO3+. The highest BCUT2D eigenvalue weighted by atomic mass is 16.5. The van der Waals surface area contributed by atoms with Crippen molar-refractivity contribution in [2.24, 2.45) is 5.92 Å². The molecule has 2 aliphatic rings. The SMILES string of the molecule is CCOc1ccc(C(=O)OCC[C@@H]2CCC[NH+]3CCCC[C@H]23)cc1. The Bertz CT molecular complexity index is 526. The number of piperidine rings is 2. The largest absolute Gasteiger partial charge is 0.494 e. The van der Waals surface area contributed by atoms with Crippen LogP contribution < -0.4 is 9.64 Å². The molecule has 2 heterocycles. The minimum atomic E-state index is -0.221. The second kappa shape index (κ2) is 8.52. The number of carbonyl (C=O) groups is 1. The summed E-state index contributed by atoms with van der Waals surface area (Å²) in [7, 11) is 0. The Morgan fingerprint density at radius 1 is 1.12 bits per heavy atom. The molecule has 1 N–H and O–H groups in total. The fourth-order valence-electron chi connectivity index (χ4n) is 4.36. The molecule has 1 aromatic carbocycles. The molecule has 1 aromatic rings. The lowest BCUT2D eigenvalue weighted by Crippen LogP contribution is -3.18. The Kier molecular flexibility index (Phi) is 6.13. The molecule has 0 aromatic heterocycles. The van der Waals surface area contributed by atoms with E-state index in [9.17, 15) is 4.79 Å². The molecule has 4 heteroatoms. The van der Waals surface area contributed by atoms with Crippen molar-refractivity contribution in [1.82, 2.24) is 0 Å². The third-order valence-corrected chi connectivity index (χ3v) is 5.55. The number of nitrogens with one attached hydrogen (secondary N) is 1. The number of benzene rings is 1. The van der Waals surface area contributed by atoms with Crippen LogP contribution in [0.1, 0.15) is 55.8 Å². The zero-order valence-electron chi connectivity index (χ0n) is 14.8. The van der Waals surface area contributed by atoms with Crippen molar-refractivity contribution in [1.29, 1.82) is 0 Å². The maximum absolute atomic E-state index is 12.2. The summed E-state index contributed by atoms with van der Waals surface area (Å²) in [5.74, 6) is 1.29. The average Bonchev–Trinajstić information content (AvgIpc) is 2.63. The molecule has 0 bridgehead atoms. The predicted molar refractivity (Wildman–Crippen MR) is 93.6 cm³/mol. The number of esters is 1. The molecule has 0 radical (unpaired) electrons. The first-order valence-corrected chi connectivity index (χ1v) is 9.52. The van der Waals surface area contributed by atoms with Crippen LogP contribution in [0.3, 0.4) is 0 Å². The minimum absolute atomic E-state index is 0.221. The maximum Gasteiger partial charge on any atom is 0.338 e. The highest BCUT2D eigenvalue weighted by molar-refractivity contribution is 5.89. The number of hydrogen-bond acceptors (Lipinski definition) is 3. The van der Waals surface area contributed by atoms with Gasteiger partial charge in [-0.1, -0.05) is 0 Å². The van der Waals surface area contributed by atoms with Gasteiger partial charge in [-0.05, 0) is 69.7 Å². The quantitative estimate of drug-likeness (QED) is 0.814. The van der Waals surface area contributed by atoms with Crippen molar-refractivity contribution in [2.45, 2.75) is 51.5 Å². The standard InChI is InChI=1S/C20H29NO3/c1-2-23-18-10-8-17(9-11-18)20(22)24-15-12-16-6-5-14-21-13-4-3-7-19(16)21/h8-11,16,19H,2-7,12-15H2,1H3/p+1/t16-,19+/m0/s1. The first kappa shape index (κ1) is 17.3. The first-order valence-electron chi connectivity index (χ1n) is 9.52. The number of rotatable bonds is 6. The Morgan fingerprint density at radius 2 is 1.92 bits per heavy atom. The van der Waals surface area contributed by atoms with E-state index in [1.54, 1.807) is 17.0 Å². The van der Waals surface area contributed by atoms with Crippen molar-refractivity contribution in [3.05, 3.63) is 29.8 Å². The lowest BCUT2D eigenvalue weighted by atomic mass is 9.82. The van der Waals surface area contributed by atoms with Crippen LogP contribution >= 0.6 is 0 Å². The molecule has 0 spiro atoms. The Hall–Kier alpha value is -1.55. The summed E-state index contributed by atoms with van der Waals surface area (Å²) in [4.78, 5) is 14.0. The van der Waals surface area contributed by atoms with Crippen LogP contribution in [0.4, 0.5) is 0 Å². The summed E-state index contributed by atoms with van der Waals surface area (Å²) in [6.45, 7) is 5.80. The van der Waals surface area contributed by atoms with Gasteiger partial charge in [0.05, 0.1) is 37.9 Å². The van der Waals surface area contributed by atoms with Gasteiger partial charge < -0.3 is 14.4 Å². The number of hydrogen-bond donors (Lipinski definition) is 1. The summed E-state index contributed by atoms with van der Waals surface area (Å²) in [5, 5.41) is 0. The zero-order chi connectivity index (χ0) is 16.8. The van der Waals surface area contributed by atoms with Crippen LogP contribution in [0.25, 0.3) is 0 Å². The topological polar surface area (TPSA) is 40.0 Å². The van der Waals surface area contributed by atoms with E-state index < -0.39 is 0 Å². The molecule has 2 saturated heterocycles. The molecule has 0 amide bonds. The van der Waals surface area contributed by atoms with Crippen LogP contribution in [-0.2, 0) is 4.74 Å². The van der Waals surface area contributed by atoms with Gasteiger partial charge >= 0.3 is 5.97 Å². The number of quaternary nitrogens is 1. The average molecular weight is 332 g/mol. The maximum atomic E-state index is 12.2. The van der Waals surface area contributed by atoms with Crippen LogP contribution in [0.15, 0.2) is 24.3 Å². The molecule has 2 fully saturated rings. The van der Waals surface area contributed by atoms with Crippen LogP contribution in [0.5, 0.6) is 5.75 Å². The van der Waals surface area contributed by atoms with Crippen molar-refractivity contribution in [3.8, 4) is 5.75 Å². The fraction of sp³-hybridized carbons (Fsp3) is 0.650. The Balaban J connectivity index is 1.46. The van der Waals surface area contributed by atoms with Gasteiger partial charge in [0.2, 0.25) is 0 Å². The van der Waals surface area contributed by atoms with Gasteiger partial charge in [0, 0.05) is 5.92 Å². The summed E-state index contributed by atoms with van der Waals surface area (Å²) in [6.07, 6.45) is 7.74. The molecule has 3 rings (SSSR count). The fourth-order valence-corrected chi connectivity index (χ4v) is 4.36. The lowest BCUT2D eigenvalue weighted by molar-refractivity contribution is -0.940. The number of fused-ring (bicyclic) bond motifs is 1. The first-order chi connectivity index (χ1) is 11.8. The summed E-state index contributed by atoms with van der Waals surface area (Å²) < 4.78 is 10.9. The molecular weight excluding hydrogens is 302 g/mol. The van der Waals surface area contributed by atoms with Crippen molar-refractivity contribution < 1.29 is 19.2 Å². The second-order valence-electron chi connectivity index (χ2n) is 7.04. The van der Waals surface area contributed by atoms with Gasteiger partial charge in [0.25, 0.3) is 0 Å². The highest BCUT2D eigenvalue weighted by Gasteiger charge is 2.36. The van der Waals surface area contributed by atoms with Crippen LogP contribution in [0.2, 0.25) is 0 Å². The van der Waals surface area contributed by atoms with E-state index in [2.05, 4.69) is 0 Å². The van der Waals surface area contributed by atoms with E-state index in [4.69, 9.17) is 9.47 Å². The molecule has 0 aliphatic carbocycles. The van der Waals surface area contributed by atoms with E-state index >= 15 is 0 Å². The van der Waals surface area contributed by atoms with Gasteiger partial charge in [0.1, 0.15) is 5.75 Å². The monoisotopic (exact) mass is 332 g/mol. The number of ether oxygens (including phenoxy) is 2. The molecule has 132 valence electrons. The van der Waals surface area contributed by atoms with E-state index in [1.807, 2.05) is 19.1 Å². The summed E-state index contributed by atoms with van der Waals surface area (Å²) in [5.41, 5.74) is 0.604. The van der Waals surface area contributed by atoms with Gasteiger partial charge in [-0.25, -0.2) is 4.79 Å². The molecule has 2 aliphatic heterocycles. The van der Waals surface area contributed by atoms with E-state index in [0.717, 1.165) is 24.1 Å². The summed E-state index contributed by atoms with van der Waals surface area (Å²) >= 11 is 0. The van der Waals surface area contributed by atoms with E-state index in [0.29, 0.717) is 18.8 Å². The zero-order valence-corrected chi connectivity index (χ0v) is 14.8. The van der Waals surface area contributed by atoms with Crippen molar-refractivity contribution >= 4 is 5.97 Å². The second-order valence-corrected chi connectivity index (χ2v) is 7.04. The molecule has 3 atom stereocenters. The van der Waals surface area contributed by atoms with Crippen LogP contribution in [-0.4, -0.2) is 38.3 Å². The van der Waals surface area contributed by atoms with Gasteiger partial charge in [-0.15, -0.1) is 0 Å². The van der Waals surface area contributed by atoms with Gasteiger partial charge in [-0.2, -0.15) is 0 Å². The minimum Gasteiger partial charge on any atom is -0.494 e. The van der Waals surface area contributed by atoms with E-state index in [1.165, 1.54) is 45.2 Å². The molecule has 0 saturated carbocycles. The van der Waals surface area contributed by atoms with E-state index in [-0.39, 0.29) is 5.97 Å². The smallest absolute Gasteiger partial charge is 0.338 e. The van der Waals surface area contributed by atoms with Gasteiger partial charge in [0.15, 0.2) is 0 Å². The van der Waals surface area contributed by atoms with Crippen LogP contribution in [0, 0.1) is 5.92 Å². The third-order valence-electron chi connectivity index (χ3n) is 5.55. The van der Waals surface area contributed by atoms with Crippen molar-refractivity contribution in [3.63, 3.8) is 0 Å². The van der Waals surface area contributed by atoms with Gasteiger partial charge in [-0.3, -0.25) is 0 Å².